The predicted octanol–water partition coefficient (Wildman–Crippen LogP) is 2.67. The number of hydrogen-bond donors (Lipinski definition) is 2. The quantitative estimate of drug-likeness (QED) is 0.910. The van der Waals surface area contributed by atoms with Gasteiger partial charge in [-0.2, -0.15) is 0 Å². The van der Waals surface area contributed by atoms with E-state index in [1.54, 1.807) is 25.5 Å². The highest BCUT2D eigenvalue weighted by atomic mass is 79.9. The van der Waals surface area contributed by atoms with Crippen molar-refractivity contribution in [2.75, 3.05) is 17.7 Å². The molecule has 0 fully saturated rings. The minimum absolute atomic E-state index is 0.131. The van der Waals surface area contributed by atoms with Crippen LogP contribution in [0.2, 0.25) is 0 Å². The Kier molecular flexibility index (Phi) is 4.06. The number of aromatic nitrogens is 2. The molecule has 7 heteroatoms. The Hall–Kier alpha value is -2.02. The van der Waals surface area contributed by atoms with E-state index in [4.69, 9.17) is 0 Å². The van der Waals surface area contributed by atoms with Crippen molar-refractivity contribution < 1.29 is 9.18 Å². The molecule has 2 aromatic heterocycles. The van der Waals surface area contributed by atoms with Gasteiger partial charge in [0.15, 0.2) is 0 Å². The monoisotopic (exact) mass is 324 g/mol. The van der Waals surface area contributed by atoms with Crippen LogP contribution < -0.4 is 10.6 Å². The molecule has 0 aliphatic heterocycles. The molecule has 0 aliphatic rings. The fourth-order valence-corrected chi connectivity index (χ4v) is 1.83. The summed E-state index contributed by atoms with van der Waals surface area (Å²) in [4.78, 5) is 19.8. The maximum absolute atomic E-state index is 13.2. The van der Waals surface area contributed by atoms with E-state index in [9.17, 15) is 9.18 Å². The Morgan fingerprint density at radius 2 is 2.21 bits per heavy atom. The number of rotatable bonds is 3. The number of nitrogens with zero attached hydrogens (tertiary/aromatic N) is 2. The van der Waals surface area contributed by atoms with Gasteiger partial charge in [0.2, 0.25) is 0 Å². The van der Waals surface area contributed by atoms with Gasteiger partial charge in [-0.15, -0.1) is 0 Å². The van der Waals surface area contributed by atoms with Gasteiger partial charge >= 0.3 is 0 Å². The van der Waals surface area contributed by atoms with Crippen LogP contribution >= 0.6 is 15.9 Å². The number of pyridine rings is 2. The van der Waals surface area contributed by atoms with Gasteiger partial charge in [0.05, 0.1) is 21.9 Å². The zero-order valence-electron chi connectivity index (χ0n) is 9.95. The third kappa shape index (κ3) is 3.05. The summed E-state index contributed by atoms with van der Waals surface area (Å²) in [7, 11) is 1.61. The lowest BCUT2D eigenvalue weighted by molar-refractivity contribution is 0.102. The average Bonchev–Trinajstić information content (AvgIpc) is 2.41. The number of hydrogen-bond acceptors (Lipinski definition) is 4. The van der Waals surface area contributed by atoms with E-state index in [0.29, 0.717) is 16.0 Å². The van der Waals surface area contributed by atoms with Crippen molar-refractivity contribution in [3.05, 3.63) is 46.6 Å². The molecule has 0 unspecified atom stereocenters. The van der Waals surface area contributed by atoms with E-state index in [1.807, 2.05) is 0 Å². The molecule has 0 aliphatic carbocycles. The van der Waals surface area contributed by atoms with Crippen LogP contribution in [-0.2, 0) is 0 Å². The van der Waals surface area contributed by atoms with Gasteiger partial charge in [0.25, 0.3) is 5.91 Å². The third-order valence-corrected chi connectivity index (χ3v) is 2.99. The number of amides is 1. The van der Waals surface area contributed by atoms with E-state index < -0.39 is 11.7 Å². The van der Waals surface area contributed by atoms with Crippen molar-refractivity contribution in [2.45, 2.75) is 0 Å². The maximum atomic E-state index is 13.2. The van der Waals surface area contributed by atoms with Crippen LogP contribution in [0.25, 0.3) is 0 Å². The summed E-state index contributed by atoms with van der Waals surface area (Å²) >= 11 is 3.26. The van der Waals surface area contributed by atoms with Crippen LogP contribution in [0.5, 0.6) is 0 Å². The lowest BCUT2D eigenvalue weighted by Crippen LogP contribution is -2.15. The second kappa shape index (κ2) is 5.75. The minimum Gasteiger partial charge on any atom is -0.372 e. The molecule has 5 nitrogen and oxygen atoms in total. The summed E-state index contributed by atoms with van der Waals surface area (Å²) in [6.07, 6.45) is 4.15. The second-order valence-electron chi connectivity index (χ2n) is 3.61. The Morgan fingerprint density at radius 3 is 2.89 bits per heavy atom. The second-order valence-corrected chi connectivity index (χ2v) is 4.46. The molecular weight excluding hydrogens is 315 g/mol. The highest BCUT2D eigenvalue weighted by molar-refractivity contribution is 9.10. The van der Waals surface area contributed by atoms with Crippen molar-refractivity contribution in [2.24, 2.45) is 0 Å². The fourth-order valence-electron chi connectivity index (χ4n) is 1.48. The molecule has 2 heterocycles. The predicted molar refractivity (Wildman–Crippen MR) is 73.6 cm³/mol. The van der Waals surface area contributed by atoms with Crippen molar-refractivity contribution in [1.29, 1.82) is 0 Å². The Morgan fingerprint density at radius 1 is 1.42 bits per heavy atom. The van der Waals surface area contributed by atoms with Gasteiger partial charge in [-0.05, 0) is 28.1 Å². The van der Waals surface area contributed by atoms with Crippen LogP contribution in [0, 0.1) is 5.82 Å². The summed E-state index contributed by atoms with van der Waals surface area (Å²) in [5.74, 6) is -0.717. The summed E-state index contributed by atoms with van der Waals surface area (Å²) in [6.45, 7) is 0. The molecule has 2 N–H and O–H groups in total. The van der Waals surface area contributed by atoms with E-state index in [2.05, 4.69) is 36.5 Å². The first-order valence-electron chi connectivity index (χ1n) is 5.36. The third-order valence-electron chi connectivity index (χ3n) is 2.36. The zero-order valence-corrected chi connectivity index (χ0v) is 11.5. The topological polar surface area (TPSA) is 66.9 Å². The molecule has 0 atom stereocenters. The van der Waals surface area contributed by atoms with Crippen molar-refractivity contribution in [3.8, 4) is 0 Å². The first-order valence-corrected chi connectivity index (χ1v) is 6.15. The van der Waals surface area contributed by atoms with Crippen LogP contribution in [0.4, 0.5) is 15.9 Å². The summed E-state index contributed by atoms with van der Waals surface area (Å²) < 4.78 is 13.8. The molecule has 98 valence electrons. The highest BCUT2D eigenvalue weighted by Crippen LogP contribution is 2.22. The fraction of sp³-hybridized carbons (Fsp3) is 0.0833. The highest BCUT2D eigenvalue weighted by Gasteiger charge is 2.14. The zero-order chi connectivity index (χ0) is 13.8. The molecule has 19 heavy (non-hydrogen) atoms. The van der Waals surface area contributed by atoms with Crippen LogP contribution in [0.1, 0.15) is 10.4 Å². The molecule has 0 radical (unpaired) electrons. The van der Waals surface area contributed by atoms with Gasteiger partial charge in [-0.3, -0.25) is 9.78 Å². The van der Waals surface area contributed by atoms with Crippen molar-refractivity contribution >= 4 is 33.3 Å². The van der Waals surface area contributed by atoms with Gasteiger partial charge in [0, 0.05) is 19.4 Å². The number of nitrogens with one attached hydrogen (secondary N) is 2. The molecule has 0 bridgehead atoms. The van der Waals surface area contributed by atoms with E-state index >= 15 is 0 Å². The van der Waals surface area contributed by atoms with Gasteiger partial charge < -0.3 is 10.6 Å². The van der Waals surface area contributed by atoms with E-state index in [-0.39, 0.29) is 5.56 Å². The number of anilines is 2. The largest absolute Gasteiger partial charge is 0.372 e. The number of carbonyl (C=O) groups excluding carboxylic acids is 1. The summed E-state index contributed by atoms with van der Waals surface area (Å²) in [6, 6.07) is 2.76. The average molecular weight is 325 g/mol. The van der Waals surface area contributed by atoms with E-state index in [0.717, 1.165) is 12.3 Å². The summed E-state index contributed by atoms with van der Waals surface area (Å²) in [5.41, 5.74) is 0.678. The van der Waals surface area contributed by atoms with Crippen LogP contribution in [-0.4, -0.2) is 22.9 Å². The van der Waals surface area contributed by atoms with Crippen molar-refractivity contribution in [1.82, 2.24) is 9.97 Å². The Bertz CT molecular complexity index is 620. The molecule has 1 amide bonds. The molecule has 0 spiro atoms. The standard InChI is InChI=1S/C12H10BrFN4O/c1-15-11-8(4-7(14)5-17-11)12(19)18-10-2-3-16-6-9(10)13/h2-6H,1H3,(H,15,17)(H,16,18,19). The van der Waals surface area contributed by atoms with Gasteiger partial charge in [0.1, 0.15) is 11.6 Å². The molecule has 0 saturated carbocycles. The maximum Gasteiger partial charge on any atom is 0.259 e. The van der Waals surface area contributed by atoms with Gasteiger partial charge in [-0.25, -0.2) is 9.37 Å². The lowest BCUT2D eigenvalue weighted by Gasteiger charge is -2.10. The van der Waals surface area contributed by atoms with Crippen LogP contribution in [0.15, 0.2) is 35.2 Å². The smallest absolute Gasteiger partial charge is 0.259 e. The first kappa shape index (κ1) is 13.4. The molecule has 2 aromatic rings. The van der Waals surface area contributed by atoms with Crippen molar-refractivity contribution in [3.63, 3.8) is 0 Å². The molecule has 0 saturated heterocycles. The first-order chi connectivity index (χ1) is 9.11. The lowest BCUT2D eigenvalue weighted by atomic mass is 10.2. The van der Waals surface area contributed by atoms with Gasteiger partial charge in [-0.1, -0.05) is 0 Å². The normalized spacial score (nSPS) is 10.1. The summed E-state index contributed by atoms with van der Waals surface area (Å²) in [5, 5.41) is 5.40. The molecule has 0 aromatic carbocycles. The van der Waals surface area contributed by atoms with Crippen LogP contribution in [0.3, 0.4) is 0 Å². The Labute approximate surface area is 117 Å². The Balaban J connectivity index is 2.30. The molecule has 2 rings (SSSR count). The minimum atomic E-state index is -0.571. The number of halogens is 2. The molecular formula is C12H10BrFN4O. The number of carbonyl (C=O) groups is 1. The SMILES string of the molecule is CNc1ncc(F)cc1C(=O)Nc1ccncc1Br. The van der Waals surface area contributed by atoms with E-state index in [1.165, 1.54) is 0 Å².